The standard InChI is InChI=1S/C30H27Cl2N5O5S/c1-37(30-33-14-3-15-34-30)25-12-8-20(9-13-25)4-2-5-27(29(39)40)36-28(38)22-10-6-21(7-11-22)19-35-43(41,42)26-17-23(31)16-24(32)18-26/h2-4,6-18,27,35H,5,19H2,1H3,(H,36,38)(H,39,40)/b4-2+. The highest BCUT2D eigenvalue weighted by atomic mass is 35.5. The highest BCUT2D eigenvalue weighted by Gasteiger charge is 2.20. The van der Waals surface area contributed by atoms with Gasteiger partial charge in [-0.1, -0.05) is 59.6 Å². The number of rotatable bonds is 12. The van der Waals surface area contributed by atoms with Crippen LogP contribution in [-0.4, -0.2) is 48.5 Å². The molecule has 10 nitrogen and oxygen atoms in total. The molecule has 4 rings (SSSR count). The van der Waals surface area contributed by atoms with Crippen LogP contribution < -0.4 is 14.9 Å². The Morgan fingerprint density at radius 1 is 0.977 bits per heavy atom. The van der Waals surface area contributed by atoms with Crippen LogP contribution in [0.25, 0.3) is 6.08 Å². The Labute approximate surface area is 259 Å². The van der Waals surface area contributed by atoms with Crippen molar-refractivity contribution < 1.29 is 23.1 Å². The molecule has 0 radical (unpaired) electrons. The van der Waals surface area contributed by atoms with E-state index in [-0.39, 0.29) is 33.5 Å². The van der Waals surface area contributed by atoms with Crippen LogP contribution in [-0.2, 0) is 21.4 Å². The molecule has 3 aromatic carbocycles. The number of halogens is 2. The number of aliphatic carboxylic acids is 1. The number of carbonyl (C=O) groups excluding carboxylic acids is 1. The number of hydrogen-bond donors (Lipinski definition) is 3. The Morgan fingerprint density at radius 2 is 1.60 bits per heavy atom. The summed E-state index contributed by atoms with van der Waals surface area (Å²) in [6.45, 7) is -0.0474. The number of nitrogens with zero attached hydrogens (tertiary/aromatic N) is 3. The second kappa shape index (κ2) is 14.3. The zero-order valence-electron chi connectivity index (χ0n) is 22.8. The van der Waals surface area contributed by atoms with Gasteiger partial charge in [0.1, 0.15) is 6.04 Å². The van der Waals surface area contributed by atoms with Crippen molar-refractivity contribution in [1.29, 1.82) is 0 Å². The summed E-state index contributed by atoms with van der Waals surface area (Å²) >= 11 is 11.8. The number of hydrogen-bond acceptors (Lipinski definition) is 7. The monoisotopic (exact) mass is 639 g/mol. The Bertz CT molecular complexity index is 1700. The summed E-state index contributed by atoms with van der Waals surface area (Å²) in [5.41, 5.74) is 2.55. The minimum absolute atomic E-state index is 0.0474. The Morgan fingerprint density at radius 3 is 2.21 bits per heavy atom. The number of benzene rings is 3. The number of nitrogens with one attached hydrogen (secondary N) is 2. The first-order valence-electron chi connectivity index (χ1n) is 12.9. The molecule has 3 N–H and O–H groups in total. The van der Waals surface area contributed by atoms with Gasteiger partial charge < -0.3 is 15.3 Å². The Balaban J connectivity index is 1.31. The molecular formula is C30H27Cl2N5O5S. The number of anilines is 2. The second-order valence-corrected chi connectivity index (χ2v) is 12.0. The first kappa shape index (κ1) is 31.6. The van der Waals surface area contributed by atoms with Gasteiger partial charge in [0.15, 0.2) is 0 Å². The van der Waals surface area contributed by atoms with E-state index >= 15 is 0 Å². The van der Waals surface area contributed by atoms with E-state index in [2.05, 4.69) is 20.0 Å². The molecule has 13 heteroatoms. The molecule has 1 unspecified atom stereocenters. The van der Waals surface area contributed by atoms with Crippen molar-refractivity contribution in [3.8, 4) is 0 Å². The summed E-state index contributed by atoms with van der Waals surface area (Å²) in [4.78, 5) is 34.8. The van der Waals surface area contributed by atoms with Crippen LogP contribution in [0.2, 0.25) is 10.0 Å². The molecule has 1 atom stereocenters. The van der Waals surface area contributed by atoms with Crippen LogP contribution >= 0.6 is 23.2 Å². The lowest BCUT2D eigenvalue weighted by Crippen LogP contribution is -2.40. The van der Waals surface area contributed by atoms with Crippen molar-refractivity contribution in [2.45, 2.75) is 23.9 Å². The van der Waals surface area contributed by atoms with Crippen LogP contribution in [0.4, 0.5) is 11.6 Å². The summed E-state index contributed by atoms with van der Waals surface area (Å²) in [6, 6.07) is 18.3. The minimum Gasteiger partial charge on any atom is -0.480 e. The molecule has 43 heavy (non-hydrogen) atoms. The van der Waals surface area contributed by atoms with Gasteiger partial charge in [-0.3, -0.25) is 4.79 Å². The van der Waals surface area contributed by atoms with E-state index in [1.165, 1.54) is 30.3 Å². The maximum atomic E-state index is 12.7. The van der Waals surface area contributed by atoms with Crippen molar-refractivity contribution in [3.63, 3.8) is 0 Å². The fourth-order valence-corrected chi connectivity index (χ4v) is 5.65. The van der Waals surface area contributed by atoms with Crippen molar-refractivity contribution in [2.75, 3.05) is 11.9 Å². The molecule has 0 spiro atoms. The van der Waals surface area contributed by atoms with Crippen LogP contribution in [0.3, 0.4) is 0 Å². The molecule has 222 valence electrons. The minimum atomic E-state index is -3.88. The second-order valence-electron chi connectivity index (χ2n) is 9.33. The molecule has 0 saturated heterocycles. The maximum absolute atomic E-state index is 12.7. The molecule has 1 aromatic heterocycles. The fraction of sp³-hybridized carbons (Fsp3) is 0.133. The number of aromatic nitrogens is 2. The number of carbonyl (C=O) groups is 2. The normalized spacial score (nSPS) is 12.2. The van der Waals surface area contributed by atoms with Gasteiger partial charge in [0.25, 0.3) is 5.91 Å². The lowest BCUT2D eigenvalue weighted by atomic mass is 10.1. The lowest BCUT2D eigenvalue weighted by molar-refractivity contribution is -0.139. The number of carboxylic acids is 1. The molecule has 1 amide bonds. The zero-order valence-corrected chi connectivity index (χ0v) is 25.1. The van der Waals surface area contributed by atoms with Crippen molar-refractivity contribution in [3.05, 3.63) is 118 Å². The SMILES string of the molecule is CN(c1ccc(/C=C/CC(NC(=O)c2ccc(CNS(=O)(=O)c3cc(Cl)cc(Cl)c3)cc2)C(=O)O)cc1)c1ncccn1. The van der Waals surface area contributed by atoms with Gasteiger partial charge in [-0.15, -0.1) is 0 Å². The number of carboxylic acid groups (broad SMARTS) is 1. The molecule has 0 aliphatic rings. The van der Waals surface area contributed by atoms with Crippen LogP contribution in [0.5, 0.6) is 0 Å². The molecule has 0 bridgehead atoms. The summed E-state index contributed by atoms with van der Waals surface area (Å²) < 4.78 is 27.6. The number of amides is 1. The highest BCUT2D eigenvalue weighted by Crippen LogP contribution is 2.23. The van der Waals surface area contributed by atoms with Crippen molar-refractivity contribution in [2.24, 2.45) is 0 Å². The average Bonchev–Trinajstić information content (AvgIpc) is 2.99. The lowest BCUT2D eigenvalue weighted by Gasteiger charge is -2.16. The Kier molecular flexibility index (Phi) is 10.5. The third-order valence-electron chi connectivity index (χ3n) is 6.25. The van der Waals surface area contributed by atoms with E-state index in [4.69, 9.17) is 23.2 Å². The average molecular weight is 641 g/mol. The predicted molar refractivity (Wildman–Crippen MR) is 166 cm³/mol. The quantitative estimate of drug-likeness (QED) is 0.189. The summed E-state index contributed by atoms with van der Waals surface area (Å²) in [6.07, 6.45) is 6.85. The van der Waals surface area contributed by atoms with E-state index in [9.17, 15) is 23.1 Å². The Hall–Kier alpha value is -4.29. The summed E-state index contributed by atoms with van der Waals surface area (Å²) in [7, 11) is -2.02. The van der Waals surface area contributed by atoms with Gasteiger partial charge >= 0.3 is 5.97 Å². The van der Waals surface area contributed by atoms with Crippen molar-refractivity contribution >= 4 is 62.8 Å². The van der Waals surface area contributed by atoms with Gasteiger partial charge in [0.05, 0.1) is 4.90 Å². The van der Waals surface area contributed by atoms with Crippen molar-refractivity contribution in [1.82, 2.24) is 20.0 Å². The van der Waals surface area contributed by atoms with Gasteiger partial charge in [-0.2, -0.15) is 0 Å². The summed E-state index contributed by atoms with van der Waals surface area (Å²) in [5.74, 6) is -1.19. The molecular weight excluding hydrogens is 613 g/mol. The van der Waals surface area contributed by atoms with E-state index in [1.54, 1.807) is 42.7 Å². The fourth-order valence-electron chi connectivity index (χ4n) is 3.91. The third-order valence-corrected chi connectivity index (χ3v) is 8.06. The molecule has 0 aliphatic carbocycles. The largest absolute Gasteiger partial charge is 0.480 e. The van der Waals surface area contributed by atoms with E-state index in [0.29, 0.717) is 11.5 Å². The zero-order chi connectivity index (χ0) is 31.0. The first-order chi connectivity index (χ1) is 20.5. The smallest absolute Gasteiger partial charge is 0.326 e. The third kappa shape index (κ3) is 8.85. The first-order valence-corrected chi connectivity index (χ1v) is 15.1. The molecule has 0 aliphatic heterocycles. The van der Waals surface area contributed by atoms with Gasteiger partial charge in [0.2, 0.25) is 16.0 Å². The van der Waals surface area contributed by atoms with E-state index in [0.717, 1.165) is 11.3 Å². The predicted octanol–water partition coefficient (Wildman–Crippen LogP) is 5.32. The van der Waals surface area contributed by atoms with E-state index < -0.39 is 27.9 Å². The molecule has 0 saturated carbocycles. The number of sulfonamides is 1. The van der Waals surface area contributed by atoms with Crippen LogP contribution in [0.15, 0.2) is 96.2 Å². The molecule has 4 aromatic rings. The molecule has 1 heterocycles. The van der Waals surface area contributed by atoms with Crippen LogP contribution in [0.1, 0.15) is 27.9 Å². The maximum Gasteiger partial charge on any atom is 0.326 e. The topological polar surface area (TPSA) is 142 Å². The van der Waals surface area contributed by atoms with Gasteiger partial charge in [-0.05, 0) is 66.1 Å². The van der Waals surface area contributed by atoms with E-state index in [1.807, 2.05) is 36.2 Å². The molecule has 0 fully saturated rings. The van der Waals surface area contributed by atoms with Gasteiger partial charge in [-0.25, -0.2) is 27.9 Å². The summed E-state index contributed by atoms with van der Waals surface area (Å²) in [5, 5.41) is 12.5. The van der Waals surface area contributed by atoms with Crippen LogP contribution in [0, 0.1) is 0 Å². The highest BCUT2D eigenvalue weighted by molar-refractivity contribution is 7.89. The van der Waals surface area contributed by atoms with Gasteiger partial charge in [0, 0.05) is 47.3 Å².